The molecule has 1 N–H and O–H groups in total. The Kier molecular flexibility index (Phi) is 18.0. The topological polar surface area (TPSA) is 62.5 Å². The summed E-state index contributed by atoms with van der Waals surface area (Å²) in [6.07, 6.45) is 18.1. The minimum Gasteiger partial charge on any atom is -0.394 e. The summed E-state index contributed by atoms with van der Waals surface area (Å²) in [7, 11) is 0. The molecule has 0 aliphatic carbocycles. The second-order valence-corrected chi connectivity index (χ2v) is 8.70. The van der Waals surface area contributed by atoms with Crippen LogP contribution in [0.3, 0.4) is 0 Å². The maximum Gasteiger partial charge on any atom is 0.130 e. The molecule has 0 radical (unpaired) electrons. The number of unbranched alkanes of at least 4 members (excludes halogenated alkanes) is 13. The molecule has 0 saturated carbocycles. The average molecular weight is 450 g/mol. The fourth-order valence-electron chi connectivity index (χ4n) is 3.71. The number of aliphatic hydroxyl groups is 1. The summed E-state index contributed by atoms with van der Waals surface area (Å²) >= 11 is 0. The maximum atomic E-state index is 13.9. The number of hydrogen-bond donors (Lipinski definition) is 1. The molecule has 32 heavy (non-hydrogen) atoms. The lowest BCUT2D eigenvalue weighted by molar-refractivity contribution is -0.0509. The van der Waals surface area contributed by atoms with Crippen LogP contribution in [0.2, 0.25) is 0 Å². The highest BCUT2D eigenvalue weighted by atomic mass is 19.1. The number of aliphatic hydroxyl groups excluding tert-OH is 1. The van der Waals surface area contributed by atoms with Gasteiger partial charge in [0.25, 0.3) is 0 Å². The van der Waals surface area contributed by atoms with Crippen molar-refractivity contribution in [1.82, 2.24) is 0 Å². The van der Waals surface area contributed by atoms with Gasteiger partial charge < -0.3 is 14.6 Å². The third-order valence-corrected chi connectivity index (χ3v) is 5.81. The van der Waals surface area contributed by atoms with E-state index in [4.69, 9.17) is 14.7 Å². The quantitative estimate of drug-likeness (QED) is 0.204. The van der Waals surface area contributed by atoms with Crippen molar-refractivity contribution in [3.05, 3.63) is 35.1 Å². The lowest BCUT2D eigenvalue weighted by Crippen LogP contribution is -2.24. The van der Waals surface area contributed by atoms with Crippen molar-refractivity contribution in [1.29, 1.82) is 5.26 Å². The number of nitrogens with zero attached hydrogens (tertiary/aromatic N) is 1. The van der Waals surface area contributed by atoms with Gasteiger partial charge >= 0.3 is 0 Å². The Morgan fingerprint density at radius 1 is 0.906 bits per heavy atom. The van der Waals surface area contributed by atoms with E-state index in [1.165, 1.54) is 95.6 Å². The van der Waals surface area contributed by atoms with Gasteiger partial charge in [0.15, 0.2) is 0 Å². The number of rotatable bonds is 21. The Balaban J connectivity index is 1.93. The molecule has 1 aromatic rings. The van der Waals surface area contributed by atoms with Gasteiger partial charge in [-0.25, -0.2) is 4.39 Å². The first kappa shape index (κ1) is 28.6. The smallest absolute Gasteiger partial charge is 0.130 e. The van der Waals surface area contributed by atoms with E-state index in [0.29, 0.717) is 18.8 Å². The van der Waals surface area contributed by atoms with E-state index in [1.807, 2.05) is 6.07 Å². The molecule has 0 aliphatic heterocycles. The molecule has 1 atom stereocenters. The summed E-state index contributed by atoms with van der Waals surface area (Å²) in [6.45, 7) is 3.10. The average Bonchev–Trinajstić information content (AvgIpc) is 2.81. The molecule has 1 aromatic carbocycles. The van der Waals surface area contributed by atoms with Crippen LogP contribution < -0.4 is 0 Å². The van der Waals surface area contributed by atoms with Gasteiger partial charge in [-0.15, -0.1) is 0 Å². The summed E-state index contributed by atoms with van der Waals surface area (Å²) in [5.74, 6) is -0.468. The van der Waals surface area contributed by atoms with Gasteiger partial charge in [-0.1, -0.05) is 96.5 Å². The molecule has 0 heterocycles. The molecule has 182 valence electrons. The van der Waals surface area contributed by atoms with E-state index >= 15 is 0 Å². The molecule has 0 unspecified atom stereocenters. The van der Waals surface area contributed by atoms with Crippen molar-refractivity contribution in [2.24, 2.45) is 0 Å². The van der Waals surface area contributed by atoms with E-state index in [-0.39, 0.29) is 18.8 Å². The van der Waals surface area contributed by atoms with Crippen molar-refractivity contribution < 1.29 is 19.0 Å². The predicted octanol–water partition coefficient (Wildman–Crippen LogP) is 7.07. The van der Waals surface area contributed by atoms with Crippen LogP contribution in [0, 0.1) is 17.1 Å². The fraction of sp³-hybridized carbons (Fsp3) is 0.741. The second-order valence-electron chi connectivity index (χ2n) is 8.70. The van der Waals surface area contributed by atoms with E-state index in [1.54, 1.807) is 6.07 Å². The van der Waals surface area contributed by atoms with Gasteiger partial charge in [0.1, 0.15) is 11.9 Å². The molecule has 0 spiro atoms. The van der Waals surface area contributed by atoms with Crippen LogP contribution in [0.25, 0.3) is 0 Å². The lowest BCUT2D eigenvalue weighted by Gasteiger charge is -2.16. The molecule has 1 rings (SSSR count). The monoisotopic (exact) mass is 449 g/mol. The summed E-state index contributed by atoms with van der Waals surface area (Å²) in [5.41, 5.74) is 0.649. The molecule has 0 amide bonds. The molecule has 0 bridgehead atoms. The molecule has 0 aliphatic rings. The highest BCUT2D eigenvalue weighted by Crippen LogP contribution is 2.14. The number of benzene rings is 1. The first-order chi connectivity index (χ1) is 15.7. The summed E-state index contributed by atoms with van der Waals surface area (Å²) in [6, 6.07) is 6.19. The number of halogens is 1. The summed E-state index contributed by atoms with van der Waals surface area (Å²) in [4.78, 5) is 0. The second kappa shape index (κ2) is 20.1. The molecule has 4 nitrogen and oxygen atoms in total. The van der Waals surface area contributed by atoms with Gasteiger partial charge in [-0.2, -0.15) is 5.26 Å². The minimum atomic E-state index is -0.475. The van der Waals surface area contributed by atoms with E-state index < -0.39 is 11.9 Å². The molecule has 0 fully saturated rings. The molecule has 0 aromatic heterocycles. The van der Waals surface area contributed by atoms with Gasteiger partial charge in [0, 0.05) is 12.2 Å². The maximum absolute atomic E-state index is 13.9. The number of hydrogen-bond acceptors (Lipinski definition) is 4. The largest absolute Gasteiger partial charge is 0.394 e. The van der Waals surface area contributed by atoms with Crippen LogP contribution in [-0.4, -0.2) is 31.0 Å². The van der Waals surface area contributed by atoms with Crippen LogP contribution in [0.4, 0.5) is 4.39 Å². The lowest BCUT2D eigenvalue weighted by atomic mass is 10.0. The number of ether oxygens (including phenoxy) is 2. The SMILES string of the molecule is CCCCCCCCCCCCCCCCOC[C@H](CO)OCc1ccc(C#N)cc1F. The Labute approximate surface area is 195 Å². The standard InChI is InChI=1S/C27H44FNO3/c1-2-3-4-5-6-7-8-9-10-11-12-13-14-15-18-31-23-26(21-30)32-22-25-17-16-24(20-29)19-27(25)28/h16-17,19,26,30H,2-15,18,21-23H2,1H3/t26-/m0/s1. The van der Waals surface area contributed by atoms with Gasteiger partial charge in [0.2, 0.25) is 0 Å². The van der Waals surface area contributed by atoms with Crippen LogP contribution >= 0.6 is 0 Å². The predicted molar refractivity (Wildman–Crippen MR) is 128 cm³/mol. The van der Waals surface area contributed by atoms with E-state index in [9.17, 15) is 9.50 Å². The summed E-state index contributed by atoms with van der Waals surface area (Å²) in [5, 5.41) is 18.2. The highest BCUT2D eigenvalue weighted by molar-refractivity contribution is 5.32. The molecular weight excluding hydrogens is 405 g/mol. The molecule has 5 heteroatoms. The zero-order valence-electron chi connectivity index (χ0n) is 20.1. The van der Waals surface area contributed by atoms with E-state index in [2.05, 4.69) is 6.92 Å². The fourth-order valence-corrected chi connectivity index (χ4v) is 3.71. The van der Waals surface area contributed by atoms with Crippen molar-refractivity contribution in [2.45, 2.75) is 110 Å². The van der Waals surface area contributed by atoms with Gasteiger partial charge in [0.05, 0.1) is 31.5 Å². The molecular formula is C27H44FNO3. The van der Waals surface area contributed by atoms with Crippen LogP contribution in [-0.2, 0) is 16.1 Å². The minimum absolute atomic E-state index is 0.0466. The first-order valence-corrected chi connectivity index (χ1v) is 12.7. The Morgan fingerprint density at radius 2 is 1.47 bits per heavy atom. The Morgan fingerprint density at radius 3 is 1.97 bits per heavy atom. The third kappa shape index (κ3) is 14.6. The Hall–Kier alpha value is -1.48. The van der Waals surface area contributed by atoms with Gasteiger partial charge in [-0.3, -0.25) is 0 Å². The van der Waals surface area contributed by atoms with Gasteiger partial charge in [-0.05, 0) is 18.6 Å². The van der Waals surface area contributed by atoms with Crippen molar-refractivity contribution in [2.75, 3.05) is 19.8 Å². The van der Waals surface area contributed by atoms with Crippen LogP contribution in [0.15, 0.2) is 18.2 Å². The van der Waals surface area contributed by atoms with Crippen LogP contribution in [0.1, 0.15) is 108 Å². The normalized spacial score (nSPS) is 12.1. The van der Waals surface area contributed by atoms with Crippen molar-refractivity contribution in [3.8, 4) is 6.07 Å². The third-order valence-electron chi connectivity index (χ3n) is 5.81. The van der Waals surface area contributed by atoms with E-state index in [0.717, 1.165) is 6.42 Å². The number of nitriles is 1. The molecule has 0 saturated heterocycles. The Bertz CT molecular complexity index is 617. The van der Waals surface area contributed by atoms with Crippen molar-refractivity contribution >= 4 is 0 Å². The first-order valence-electron chi connectivity index (χ1n) is 12.7. The highest BCUT2D eigenvalue weighted by Gasteiger charge is 2.11. The van der Waals surface area contributed by atoms with Crippen molar-refractivity contribution in [3.63, 3.8) is 0 Å². The zero-order valence-corrected chi connectivity index (χ0v) is 20.1. The summed E-state index contributed by atoms with van der Waals surface area (Å²) < 4.78 is 25.1. The van der Waals surface area contributed by atoms with Crippen LogP contribution in [0.5, 0.6) is 0 Å². The zero-order chi connectivity index (χ0) is 23.3.